The number of amides is 5. The fourth-order valence-electron chi connectivity index (χ4n) is 8.86. The molecule has 0 spiro atoms. The van der Waals surface area contributed by atoms with Gasteiger partial charge in [-0.15, -0.1) is 0 Å². The van der Waals surface area contributed by atoms with Crippen LogP contribution in [-0.2, 0) is 25.5 Å². The highest BCUT2D eigenvalue weighted by Gasteiger charge is 2.38. The van der Waals surface area contributed by atoms with Crippen LogP contribution in [0.3, 0.4) is 0 Å². The molecule has 3 aliphatic rings. The first-order valence-corrected chi connectivity index (χ1v) is 21.7. The minimum absolute atomic E-state index is 0.00323. The summed E-state index contributed by atoms with van der Waals surface area (Å²) < 4.78 is 5.42. The Hall–Kier alpha value is -7.06. The van der Waals surface area contributed by atoms with Crippen molar-refractivity contribution in [2.24, 2.45) is 0 Å². The van der Waals surface area contributed by atoms with Gasteiger partial charge in [0.15, 0.2) is 0 Å². The third-order valence-corrected chi connectivity index (χ3v) is 12.4. The number of rotatable bonds is 10. The number of H-pyrrole nitrogens is 2. The lowest BCUT2D eigenvalue weighted by atomic mass is 10.0. The molecule has 0 aliphatic carbocycles. The number of nitrogens with zero attached hydrogens (tertiary/aromatic N) is 6. The highest BCUT2D eigenvalue weighted by atomic mass is 16.5. The van der Waals surface area contributed by atoms with Crippen molar-refractivity contribution in [2.75, 3.05) is 52.5 Å². The standard InChI is InChI=1S/C49H51N9O5/c1-33(59)56-23-24-57(44(60)29-34-9-4-2-5-10-34)43(32-56)47-51-31-41(53-47)38-20-16-36(17-21-38)35-14-18-37(19-15-35)40-30-50-46(52-40)42-13-8-22-58(42)48(61)45(39-11-6-3-7-12-39)54-49(62)55-25-27-63-28-26-55/h2-7,9-12,14-21,30-31,42-43,45H,8,13,22-29,32H2,1H3,(H,50,52)(H,51,53)(H,54,62). The average Bonchev–Trinajstić information content (AvgIpc) is 4.14. The molecule has 0 saturated carbocycles. The van der Waals surface area contributed by atoms with Crippen LogP contribution in [0, 0.1) is 0 Å². The molecule has 5 heterocycles. The lowest BCUT2D eigenvalue weighted by Gasteiger charge is -2.40. The first-order valence-electron chi connectivity index (χ1n) is 21.7. The molecular weight excluding hydrogens is 795 g/mol. The van der Waals surface area contributed by atoms with Crippen LogP contribution in [0.15, 0.2) is 122 Å². The van der Waals surface area contributed by atoms with Gasteiger partial charge in [-0.05, 0) is 46.2 Å². The molecule has 322 valence electrons. The van der Waals surface area contributed by atoms with Gasteiger partial charge in [-0.2, -0.15) is 0 Å². The van der Waals surface area contributed by atoms with Crippen LogP contribution < -0.4 is 5.32 Å². The lowest BCUT2D eigenvalue weighted by molar-refractivity contribution is -0.142. The Morgan fingerprint density at radius 3 is 1.84 bits per heavy atom. The summed E-state index contributed by atoms with van der Waals surface area (Å²) in [6.07, 6.45) is 5.48. The van der Waals surface area contributed by atoms with Gasteiger partial charge in [0, 0.05) is 46.2 Å². The van der Waals surface area contributed by atoms with Gasteiger partial charge in [-0.25, -0.2) is 14.8 Å². The average molecular weight is 846 g/mol. The van der Waals surface area contributed by atoms with Gasteiger partial charge in [0.05, 0.1) is 49.5 Å². The molecule has 5 amide bonds. The van der Waals surface area contributed by atoms with Crippen molar-refractivity contribution >= 4 is 23.8 Å². The molecule has 63 heavy (non-hydrogen) atoms. The Morgan fingerprint density at radius 2 is 1.24 bits per heavy atom. The summed E-state index contributed by atoms with van der Waals surface area (Å²) in [4.78, 5) is 77.1. The minimum atomic E-state index is -0.829. The Morgan fingerprint density at radius 1 is 0.667 bits per heavy atom. The second kappa shape index (κ2) is 18.5. The maximum absolute atomic E-state index is 14.3. The molecule has 0 radical (unpaired) electrons. The number of carbonyl (C=O) groups excluding carboxylic acids is 4. The molecular formula is C49H51N9O5. The predicted molar refractivity (Wildman–Crippen MR) is 238 cm³/mol. The maximum atomic E-state index is 14.3. The van der Waals surface area contributed by atoms with Crippen LogP contribution in [0.25, 0.3) is 33.6 Å². The van der Waals surface area contributed by atoms with Gasteiger partial charge in [0.2, 0.25) is 17.7 Å². The summed E-state index contributed by atoms with van der Waals surface area (Å²) in [5, 5.41) is 3.02. The first kappa shape index (κ1) is 41.3. The van der Waals surface area contributed by atoms with Gasteiger partial charge in [0.1, 0.15) is 23.7 Å². The lowest BCUT2D eigenvalue weighted by Crippen LogP contribution is -2.52. The number of imidazole rings is 2. The zero-order valence-electron chi connectivity index (χ0n) is 35.3. The number of piperazine rings is 1. The van der Waals surface area contributed by atoms with E-state index in [0.717, 1.165) is 63.4 Å². The zero-order valence-corrected chi connectivity index (χ0v) is 35.3. The number of aromatic nitrogens is 4. The van der Waals surface area contributed by atoms with Crippen LogP contribution in [0.5, 0.6) is 0 Å². The molecule has 3 aliphatic heterocycles. The highest BCUT2D eigenvalue weighted by Crippen LogP contribution is 2.35. The van der Waals surface area contributed by atoms with E-state index >= 15 is 0 Å². The first-order chi connectivity index (χ1) is 30.8. The van der Waals surface area contributed by atoms with E-state index < -0.39 is 6.04 Å². The smallest absolute Gasteiger partial charge is 0.318 e. The molecule has 0 bridgehead atoms. The Bertz CT molecular complexity index is 2540. The van der Waals surface area contributed by atoms with Crippen LogP contribution in [-0.4, -0.2) is 116 Å². The number of carbonyl (C=O) groups is 4. The molecule has 14 nitrogen and oxygen atoms in total. The molecule has 3 saturated heterocycles. The van der Waals surface area contributed by atoms with Crippen LogP contribution in [0.2, 0.25) is 0 Å². The normalized spacial score (nSPS) is 18.3. The SMILES string of the molecule is CC(=O)N1CCN(C(=O)Cc2ccccc2)C(c2ncc(-c3ccc(-c4ccc(-c5cnc(C6CCCN6C(=O)C(NC(=O)N6CCOCC6)c6ccccc6)[nH]5)cc4)cc3)[nH]2)C1. The van der Waals surface area contributed by atoms with Gasteiger partial charge < -0.3 is 39.6 Å². The van der Waals surface area contributed by atoms with Crippen molar-refractivity contribution in [3.63, 3.8) is 0 Å². The Kier molecular flexibility index (Phi) is 12.1. The monoisotopic (exact) mass is 845 g/mol. The topological polar surface area (TPSA) is 160 Å². The van der Waals surface area contributed by atoms with E-state index in [0.29, 0.717) is 58.3 Å². The van der Waals surface area contributed by atoms with Crippen LogP contribution >= 0.6 is 0 Å². The summed E-state index contributed by atoms with van der Waals surface area (Å²) in [5.41, 5.74) is 7.38. The molecule has 3 atom stereocenters. The van der Waals surface area contributed by atoms with E-state index in [9.17, 15) is 19.2 Å². The quantitative estimate of drug-likeness (QED) is 0.141. The number of morpholine rings is 1. The number of hydrogen-bond donors (Lipinski definition) is 3. The van der Waals surface area contributed by atoms with Crippen molar-refractivity contribution in [1.29, 1.82) is 0 Å². The Balaban J connectivity index is 0.864. The zero-order chi connectivity index (χ0) is 43.3. The van der Waals surface area contributed by atoms with Gasteiger partial charge in [-0.3, -0.25) is 14.4 Å². The van der Waals surface area contributed by atoms with Crippen molar-refractivity contribution < 1.29 is 23.9 Å². The van der Waals surface area contributed by atoms with Gasteiger partial charge in [-0.1, -0.05) is 109 Å². The number of aromatic amines is 2. The van der Waals surface area contributed by atoms with Crippen molar-refractivity contribution in [1.82, 2.24) is 44.9 Å². The number of benzene rings is 4. The van der Waals surface area contributed by atoms with Crippen LogP contribution in [0.1, 0.15) is 60.7 Å². The summed E-state index contributed by atoms with van der Waals surface area (Å²) >= 11 is 0. The van der Waals surface area contributed by atoms with Crippen molar-refractivity contribution in [3.8, 4) is 33.6 Å². The van der Waals surface area contributed by atoms with E-state index in [-0.39, 0.29) is 42.3 Å². The Labute approximate surface area is 366 Å². The third-order valence-electron chi connectivity index (χ3n) is 12.4. The summed E-state index contributed by atoms with van der Waals surface area (Å²) in [6, 6.07) is 33.9. The molecule has 2 aromatic heterocycles. The third kappa shape index (κ3) is 9.12. The second-order valence-electron chi connectivity index (χ2n) is 16.3. The summed E-state index contributed by atoms with van der Waals surface area (Å²) in [6.45, 7) is 5.35. The number of hydrogen-bond acceptors (Lipinski definition) is 7. The molecule has 3 N–H and O–H groups in total. The summed E-state index contributed by atoms with van der Waals surface area (Å²) in [5.74, 6) is 1.19. The number of ether oxygens (including phenoxy) is 1. The fraction of sp³-hybridized carbons (Fsp3) is 0.306. The molecule has 3 fully saturated rings. The van der Waals surface area contributed by atoms with Crippen molar-refractivity contribution in [3.05, 3.63) is 144 Å². The minimum Gasteiger partial charge on any atom is -0.378 e. The van der Waals surface area contributed by atoms with E-state index in [2.05, 4.69) is 51.7 Å². The fourth-order valence-corrected chi connectivity index (χ4v) is 8.86. The molecule has 9 rings (SSSR count). The second-order valence-corrected chi connectivity index (χ2v) is 16.3. The van der Waals surface area contributed by atoms with Gasteiger partial charge in [0.25, 0.3) is 0 Å². The number of nitrogens with one attached hydrogen (secondary N) is 3. The predicted octanol–water partition coefficient (Wildman–Crippen LogP) is 6.55. The van der Waals surface area contributed by atoms with E-state index in [1.807, 2.05) is 88.8 Å². The molecule has 6 aromatic rings. The molecule has 4 aromatic carbocycles. The van der Waals surface area contributed by atoms with Crippen LogP contribution in [0.4, 0.5) is 4.79 Å². The van der Waals surface area contributed by atoms with E-state index in [1.165, 1.54) is 0 Å². The highest BCUT2D eigenvalue weighted by molar-refractivity contribution is 5.89. The van der Waals surface area contributed by atoms with Gasteiger partial charge >= 0.3 is 6.03 Å². The largest absolute Gasteiger partial charge is 0.378 e. The van der Waals surface area contributed by atoms with E-state index in [4.69, 9.17) is 14.7 Å². The molecule has 14 heteroatoms. The number of likely N-dealkylation sites (tertiary alicyclic amines) is 1. The maximum Gasteiger partial charge on any atom is 0.318 e. The van der Waals surface area contributed by atoms with E-state index in [1.54, 1.807) is 22.9 Å². The van der Waals surface area contributed by atoms with Crippen molar-refractivity contribution in [2.45, 2.75) is 44.3 Å². The number of urea groups is 1. The summed E-state index contributed by atoms with van der Waals surface area (Å²) in [7, 11) is 0. The molecule has 3 unspecified atom stereocenters.